The van der Waals surface area contributed by atoms with E-state index in [4.69, 9.17) is 11.6 Å². The molecule has 0 aliphatic carbocycles. The second kappa shape index (κ2) is 8.35. The van der Waals surface area contributed by atoms with E-state index < -0.39 is 17.7 Å². The minimum Gasteiger partial charge on any atom is -0.324 e. The molecule has 1 aromatic carbocycles. The number of aldehydes is 1. The number of aromatic nitrogens is 5. The molecule has 12 heteroatoms. The number of halogens is 5. The van der Waals surface area contributed by atoms with E-state index in [-0.39, 0.29) is 27.9 Å². The van der Waals surface area contributed by atoms with E-state index in [0.717, 1.165) is 23.0 Å². The van der Waals surface area contributed by atoms with Crippen LogP contribution in [-0.4, -0.2) is 31.0 Å². The van der Waals surface area contributed by atoms with Gasteiger partial charge in [0, 0.05) is 47.2 Å². The van der Waals surface area contributed by atoms with Gasteiger partial charge in [0.2, 0.25) is 5.95 Å². The van der Waals surface area contributed by atoms with Crippen molar-refractivity contribution in [3.8, 4) is 16.9 Å². The molecule has 3 heterocycles. The zero-order valence-electron chi connectivity index (χ0n) is 15.8. The Morgan fingerprint density at radius 3 is 2.59 bits per heavy atom. The number of carbonyl (C=O) groups excluding carboxylic acids is 1. The molecule has 0 saturated carbocycles. The summed E-state index contributed by atoms with van der Waals surface area (Å²) in [5.74, 6) is -0.626. The van der Waals surface area contributed by atoms with Crippen molar-refractivity contribution in [1.29, 1.82) is 0 Å². The van der Waals surface area contributed by atoms with Crippen LogP contribution in [0.15, 0.2) is 55.1 Å². The van der Waals surface area contributed by atoms with Crippen LogP contribution in [0.5, 0.6) is 0 Å². The molecule has 0 radical (unpaired) electrons. The quantitative estimate of drug-likeness (QED) is 0.328. The number of carbonyl (C=O) groups is 1. The Bertz CT molecular complexity index is 1310. The summed E-state index contributed by atoms with van der Waals surface area (Å²) in [4.78, 5) is 23.5. The van der Waals surface area contributed by atoms with Crippen molar-refractivity contribution < 1.29 is 22.4 Å². The Labute approximate surface area is 182 Å². The van der Waals surface area contributed by atoms with Crippen LogP contribution in [-0.2, 0) is 6.18 Å². The Balaban J connectivity index is 1.81. The third kappa shape index (κ3) is 4.42. The van der Waals surface area contributed by atoms with E-state index in [9.17, 15) is 22.4 Å². The van der Waals surface area contributed by atoms with Gasteiger partial charge in [-0.25, -0.2) is 14.1 Å². The minimum absolute atomic E-state index is 0.00365. The molecule has 1 N–H and O–H groups in total. The Morgan fingerprint density at radius 2 is 1.91 bits per heavy atom. The van der Waals surface area contributed by atoms with Crippen LogP contribution >= 0.6 is 11.6 Å². The largest absolute Gasteiger partial charge is 0.435 e. The van der Waals surface area contributed by atoms with E-state index >= 15 is 0 Å². The molecule has 0 atom stereocenters. The van der Waals surface area contributed by atoms with Crippen LogP contribution in [0.25, 0.3) is 16.9 Å². The summed E-state index contributed by atoms with van der Waals surface area (Å²) in [5.41, 5.74) is 0.177. The number of nitrogens with zero attached hydrogens (tertiary/aromatic N) is 5. The lowest BCUT2D eigenvalue weighted by molar-refractivity contribution is -0.141. The molecule has 0 unspecified atom stereocenters. The van der Waals surface area contributed by atoms with Crippen molar-refractivity contribution in [3.05, 3.63) is 77.2 Å². The van der Waals surface area contributed by atoms with Crippen LogP contribution in [0.4, 0.5) is 29.2 Å². The summed E-state index contributed by atoms with van der Waals surface area (Å²) in [7, 11) is 0. The summed E-state index contributed by atoms with van der Waals surface area (Å²) in [6, 6.07) is 6.13. The van der Waals surface area contributed by atoms with Gasteiger partial charge in [-0.3, -0.25) is 9.78 Å². The number of benzene rings is 1. The average molecular weight is 463 g/mol. The smallest absolute Gasteiger partial charge is 0.324 e. The highest BCUT2D eigenvalue weighted by atomic mass is 35.5. The zero-order valence-corrected chi connectivity index (χ0v) is 16.6. The van der Waals surface area contributed by atoms with Crippen LogP contribution in [0.3, 0.4) is 0 Å². The molecule has 0 fully saturated rings. The maximum atomic E-state index is 13.4. The number of pyridine rings is 1. The predicted molar refractivity (Wildman–Crippen MR) is 107 cm³/mol. The van der Waals surface area contributed by atoms with Crippen LogP contribution in [0, 0.1) is 5.82 Å². The second-order valence-electron chi connectivity index (χ2n) is 6.45. The lowest BCUT2D eigenvalue weighted by atomic mass is 10.1. The van der Waals surface area contributed by atoms with Crippen molar-refractivity contribution in [1.82, 2.24) is 24.7 Å². The van der Waals surface area contributed by atoms with Crippen molar-refractivity contribution in [2.75, 3.05) is 5.32 Å². The summed E-state index contributed by atoms with van der Waals surface area (Å²) in [6.45, 7) is 0. The number of hydrogen-bond donors (Lipinski definition) is 1. The molecule has 0 saturated heterocycles. The zero-order chi connectivity index (χ0) is 22.9. The molecule has 0 aliphatic rings. The van der Waals surface area contributed by atoms with Crippen molar-refractivity contribution >= 4 is 29.5 Å². The lowest BCUT2D eigenvalue weighted by Gasteiger charge is -2.12. The summed E-state index contributed by atoms with van der Waals surface area (Å²) in [6.07, 6.45) is 1.13. The van der Waals surface area contributed by atoms with Gasteiger partial charge < -0.3 is 5.32 Å². The van der Waals surface area contributed by atoms with Gasteiger partial charge in [0.25, 0.3) is 0 Å². The molecule has 0 amide bonds. The third-order valence-electron chi connectivity index (χ3n) is 4.25. The van der Waals surface area contributed by atoms with E-state index in [2.05, 4.69) is 25.4 Å². The van der Waals surface area contributed by atoms with Crippen molar-refractivity contribution in [3.63, 3.8) is 0 Å². The molecule has 162 valence electrons. The van der Waals surface area contributed by atoms with E-state index in [0.29, 0.717) is 17.5 Å². The highest BCUT2D eigenvalue weighted by Crippen LogP contribution is 2.30. The molecule has 7 nitrogen and oxygen atoms in total. The van der Waals surface area contributed by atoms with E-state index in [1.807, 2.05) is 0 Å². The maximum absolute atomic E-state index is 13.4. The first kappa shape index (κ1) is 21.4. The number of alkyl halides is 3. The van der Waals surface area contributed by atoms with Gasteiger partial charge in [0.05, 0.1) is 5.02 Å². The first-order chi connectivity index (χ1) is 15.2. The number of rotatable bonds is 5. The summed E-state index contributed by atoms with van der Waals surface area (Å²) < 4.78 is 53.5. The Hall–Kier alpha value is -3.86. The minimum atomic E-state index is -4.65. The summed E-state index contributed by atoms with van der Waals surface area (Å²) in [5, 5.41) is 6.25. The molecular formula is C20H11ClF4N6O. The van der Waals surface area contributed by atoms with Crippen LogP contribution < -0.4 is 5.32 Å². The number of hydrogen-bond acceptors (Lipinski definition) is 6. The first-order valence-electron chi connectivity index (χ1n) is 8.87. The second-order valence-corrected chi connectivity index (χ2v) is 6.86. The standard InChI is InChI=1S/C20H11ClF4N6O/c21-15-6-13(1-2-16(15)22)28-19-27-9-14(12-5-11(10-32)7-26-8-12)18(29-19)31-4-3-17(30-31)20(23,24)25/h1-10H,(H,27,28,29). The average Bonchev–Trinajstić information content (AvgIpc) is 3.27. The molecule has 32 heavy (non-hydrogen) atoms. The van der Waals surface area contributed by atoms with Crippen molar-refractivity contribution in [2.45, 2.75) is 6.18 Å². The van der Waals surface area contributed by atoms with Gasteiger partial charge in [-0.1, -0.05) is 11.6 Å². The Kier molecular flexibility index (Phi) is 5.57. The fourth-order valence-corrected chi connectivity index (χ4v) is 2.96. The first-order valence-corrected chi connectivity index (χ1v) is 9.25. The van der Waals surface area contributed by atoms with Gasteiger partial charge >= 0.3 is 6.18 Å². The predicted octanol–water partition coefficient (Wildman–Crippen LogP) is 5.09. The number of anilines is 2. The van der Waals surface area contributed by atoms with Gasteiger partial charge in [0.1, 0.15) is 5.82 Å². The third-order valence-corrected chi connectivity index (χ3v) is 4.54. The SMILES string of the molecule is O=Cc1cncc(-c2cnc(Nc3ccc(F)c(Cl)c3)nc2-n2ccc(C(F)(F)F)n2)c1. The summed E-state index contributed by atoms with van der Waals surface area (Å²) >= 11 is 5.77. The monoisotopic (exact) mass is 462 g/mol. The highest BCUT2D eigenvalue weighted by Gasteiger charge is 2.34. The fourth-order valence-electron chi connectivity index (χ4n) is 2.78. The molecule has 0 spiro atoms. The molecule has 0 aliphatic heterocycles. The van der Waals surface area contributed by atoms with Gasteiger partial charge in [-0.15, -0.1) is 0 Å². The van der Waals surface area contributed by atoms with E-state index in [1.165, 1.54) is 36.8 Å². The van der Waals surface area contributed by atoms with Crippen LogP contribution in [0.1, 0.15) is 16.1 Å². The molecule has 0 bridgehead atoms. The van der Waals surface area contributed by atoms with Crippen molar-refractivity contribution in [2.24, 2.45) is 0 Å². The van der Waals surface area contributed by atoms with Crippen LogP contribution in [0.2, 0.25) is 5.02 Å². The Morgan fingerprint density at radius 1 is 1.09 bits per heavy atom. The fraction of sp³-hybridized carbons (Fsp3) is 0.0500. The normalized spacial score (nSPS) is 11.4. The molecular weight excluding hydrogens is 452 g/mol. The van der Waals surface area contributed by atoms with Gasteiger partial charge in [-0.2, -0.15) is 23.3 Å². The maximum Gasteiger partial charge on any atom is 0.435 e. The topological polar surface area (TPSA) is 85.6 Å². The number of nitrogens with one attached hydrogen (secondary N) is 1. The highest BCUT2D eigenvalue weighted by molar-refractivity contribution is 6.31. The molecule has 4 rings (SSSR count). The van der Waals surface area contributed by atoms with Gasteiger partial charge in [-0.05, 0) is 30.3 Å². The van der Waals surface area contributed by atoms with Gasteiger partial charge in [0.15, 0.2) is 17.8 Å². The molecule has 3 aromatic heterocycles. The van der Waals surface area contributed by atoms with E-state index in [1.54, 1.807) is 0 Å². The lowest BCUT2D eigenvalue weighted by Crippen LogP contribution is -2.10. The molecule has 4 aromatic rings.